The zero-order valence-corrected chi connectivity index (χ0v) is 15.1. The van der Waals surface area contributed by atoms with Gasteiger partial charge in [-0.15, -0.1) is 0 Å². The summed E-state index contributed by atoms with van der Waals surface area (Å²) in [6.07, 6.45) is 0.364. The van der Waals surface area contributed by atoms with Gasteiger partial charge in [-0.25, -0.2) is 0 Å². The summed E-state index contributed by atoms with van der Waals surface area (Å²) < 4.78 is 5.40. The Kier molecular flexibility index (Phi) is 4.56. The smallest absolute Gasteiger partial charge is 0.308 e. The van der Waals surface area contributed by atoms with E-state index in [0.717, 1.165) is 0 Å². The molecule has 1 aromatic rings. The molecule has 0 aliphatic carbocycles. The van der Waals surface area contributed by atoms with Crippen LogP contribution in [0.5, 0.6) is 0 Å². The first-order valence-corrected chi connectivity index (χ1v) is 8.64. The quantitative estimate of drug-likeness (QED) is 0.656. The summed E-state index contributed by atoms with van der Waals surface area (Å²) in [5, 5.41) is 2.28. The fraction of sp³-hybridized carbons (Fsp3) is 0.474. The molecule has 1 saturated heterocycles. The lowest BCUT2D eigenvalue weighted by atomic mass is 9.99. The topological polar surface area (TPSA) is 92.8 Å². The number of fused-ring (bicyclic) bond motifs is 1. The molecule has 0 radical (unpaired) electrons. The standard InChI is InChI=1S/C19H22N2O5/c1-19(2,3)26-16(23)10-14-11-6-4-5-7-12(11)18(25)21(14)13-8-9-15(22)20-17(13)24/h4-7,13-14H,8-10H2,1-3H3,(H,20,22,24). The molecule has 1 fully saturated rings. The number of hydrogen-bond donors (Lipinski definition) is 1. The molecule has 2 aliphatic rings. The van der Waals surface area contributed by atoms with Crippen LogP contribution in [0.25, 0.3) is 0 Å². The SMILES string of the molecule is CC(C)(C)OC(=O)CC1c2ccccc2C(=O)N1C1CCC(=O)NC1=O. The molecule has 0 aromatic heterocycles. The lowest BCUT2D eigenvalue weighted by Gasteiger charge is -2.34. The van der Waals surface area contributed by atoms with E-state index in [0.29, 0.717) is 11.1 Å². The van der Waals surface area contributed by atoms with E-state index in [4.69, 9.17) is 4.74 Å². The Bertz CT molecular complexity index is 780. The summed E-state index contributed by atoms with van der Waals surface area (Å²) in [4.78, 5) is 50.5. The summed E-state index contributed by atoms with van der Waals surface area (Å²) in [7, 11) is 0. The number of amides is 3. The van der Waals surface area contributed by atoms with Crippen molar-refractivity contribution in [2.75, 3.05) is 0 Å². The van der Waals surface area contributed by atoms with Gasteiger partial charge in [-0.1, -0.05) is 18.2 Å². The zero-order chi connectivity index (χ0) is 19.1. The molecule has 2 aliphatic heterocycles. The van der Waals surface area contributed by atoms with Gasteiger partial charge in [0.1, 0.15) is 11.6 Å². The third-order valence-electron chi connectivity index (χ3n) is 4.45. The molecule has 26 heavy (non-hydrogen) atoms. The molecule has 0 spiro atoms. The second kappa shape index (κ2) is 6.55. The third-order valence-corrected chi connectivity index (χ3v) is 4.45. The molecule has 2 heterocycles. The van der Waals surface area contributed by atoms with Crippen LogP contribution in [0.3, 0.4) is 0 Å². The van der Waals surface area contributed by atoms with Crippen LogP contribution >= 0.6 is 0 Å². The van der Waals surface area contributed by atoms with E-state index in [1.807, 2.05) is 0 Å². The number of rotatable bonds is 3. The number of hydrogen-bond acceptors (Lipinski definition) is 5. The number of imide groups is 1. The fourth-order valence-electron chi connectivity index (χ4n) is 3.47. The Labute approximate surface area is 151 Å². The molecule has 1 N–H and O–H groups in total. The van der Waals surface area contributed by atoms with Crippen molar-refractivity contribution in [1.82, 2.24) is 10.2 Å². The maximum atomic E-state index is 12.9. The van der Waals surface area contributed by atoms with Gasteiger partial charge in [0.05, 0.1) is 12.5 Å². The predicted octanol–water partition coefficient (Wildman–Crippen LogP) is 1.72. The Balaban J connectivity index is 1.91. The van der Waals surface area contributed by atoms with E-state index in [-0.39, 0.29) is 31.1 Å². The molecular formula is C19H22N2O5. The van der Waals surface area contributed by atoms with Crippen LogP contribution in [0.2, 0.25) is 0 Å². The van der Waals surface area contributed by atoms with Crippen molar-refractivity contribution in [2.24, 2.45) is 0 Å². The second-order valence-corrected chi connectivity index (χ2v) is 7.57. The van der Waals surface area contributed by atoms with Crippen molar-refractivity contribution in [3.05, 3.63) is 35.4 Å². The molecule has 7 heteroatoms. The first-order chi connectivity index (χ1) is 12.2. The minimum Gasteiger partial charge on any atom is -0.460 e. The second-order valence-electron chi connectivity index (χ2n) is 7.57. The summed E-state index contributed by atoms with van der Waals surface area (Å²) in [5.74, 6) is -1.59. The van der Waals surface area contributed by atoms with Crippen molar-refractivity contribution in [3.63, 3.8) is 0 Å². The summed E-state index contributed by atoms with van der Waals surface area (Å²) >= 11 is 0. The van der Waals surface area contributed by atoms with Gasteiger partial charge < -0.3 is 9.64 Å². The van der Waals surface area contributed by atoms with Crippen LogP contribution in [0.4, 0.5) is 0 Å². The molecule has 2 atom stereocenters. The Morgan fingerprint density at radius 1 is 1.23 bits per heavy atom. The Hall–Kier alpha value is -2.70. The highest BCUT2D eigenvalue weighted by atomic mass is 16.6. The Morgan fingerprint density at radius 2 is 1.92 bits per heavy atom. The normalized spacial score (nSPS) is 22.9. The molecule has 0 bridgehead atoms. The van der Waals surface area contributed by atoms with Crippen LogP contribution < -0.4 is 5.32 Å². The lowest BCUT2D eigenvalue weighted by Crippen LogP contribution is -2.53. The van der Waals surface area contributed by atoms with Gasteiger partial charge in [-0.2, -0.15) is 0 Å². The van der Waals surface area contributed by atoms with E-state index in [1.165, 1.54) is 4.90 Å². The summed E-state index contributed by atoms with van der Waals surface area (Å²) in [5.41, 5.74) is 0.539. The molecule has 0 saturated carbocycles. The summed E-state index contributed by atoms with van der Waals surface area (Å²) in [6, 6.07) is 5.65. The van der Waals surface area contributed by atoms with E-state index in [2.05, 4.69) is 5.32 Å². The largest absolute Gasteiger partial charge is 0.460 e. The van der Waals surface area contributed by atoms with Crippen molar-refractivity contribution < 1.29 is 23.9 Å². The number of nitrogens with one attached hydrogen (secondary N) is 1. The van der Waals surface area contributed by atoms with Crippen LogP contribution in [-0.4, -0.2) is 40.2 Å². The maximum absolute atomic E-state index is 12.9. The first kappa shape index (κ1) is 18.1. The van der Waals surface area contributed by atoms with Crippen LogP contribution in [0.15, 0.2) is 24.3 Å². The van der Waals surface area contributed by atoms with Crippen LogP contribution in [-0.2, 0) is 19.1 Å². The predicted molar refractivity (Wildman–Crippen MR) is 92.0 cm³/mol. The number of benzene rings is 1. The van der Waals surface area contributed by atoms with E-state index >= 15 is 0 Å². The highest BCUT2D eigenvalue weighted by molar-refractivity contribution is 6.06. The van der Waals surface area contributed by atoms with Gasteiger partial charge >= 0.3 is 5.97 Å². The number of carbonyl (C=O) groups is 4. The van der Waals surface area contributed by atoms with Crippen molar-refractivity contribution >= 4 is 23.7 Å². The molecule has 3 amide bonds. The van der Waals surface area contributed by atoms with Gasteiger partial charge in [0.2, 0.25) is 11.8 Å². The number of piperidine rings is 1. The number of carbonyl (C=O) groups excluding carboxylic acids is 4. The Morgan fingerprint density at radius 3 is 2.58 bits per heavy atom. The van der Waals surface area contributed by atoms with Gasteiger partial charge in [-0.05, 0) is 38.8 Å². The lowest BCUT2D eigenvalue weighted by molar-refractivity contribution is -0.157. The minimum absolute atomic E-state index is 0.0439. The number of ether oxygens (including phenoxy) is 1. The molecule has 3 rings (SSSR count). The molecule has 1 aromatic carbocycles. The van der Waals surface area contributed by atoms with E-state index < -0.39 is 29.6 Å². The minimum atomic E-state index is -0.778. The van der Waals surface area contributed by atoms with E-state index in [9.17, 15) is 19.2 Å². The summed E-state index contributed by atoms with van der Waals surface area (Å²) in [6.45, 7) is 5.32. The average molecular weight is 358 g/mol. The fourth-order valence-corrected chi connectivity index (χ4v) is 3.47. The third kappa shape index (κ3) is 3.47. The molecular weight excluding hydrogens is 336 g/mol. The molecule has 138 valence electrons. The van der Waals surface area contributed by atoms with Gasteiger partial charge in [0.15, 0.2) is 0 Å². The van der Waals surface area contributed by atoms with Gasteiger partial charge in [0.25, 0.3) is 5.91 Å². The van der Waals surface area contributed by atoms with Crippen LogP contribution in [0.1, 0.15) is 62.0 Å². The van der Waals surface area contributed by atoms with Crippen LogP contribution in [0, 0.1) is 0 Å². The molecule has 2 unspecified atom stereocenters. The highest BCUT2D eigenvalue weighted by Gasteiger charge is 2.45. The van der Waals surface area contributed by atoms with Crippen molar-refractivity contribution in [3.8, 4) is 0 Å². The maximum Gasteiger partial charge on any atom is 0.308 e. The van der Waals surface area contributed by atoms with Crippen molar-refractivity contribution in [2.45, 2.75) is 57.7 Å². The zero-order valence-electron chi connectivity index (χ0n) is 15.1. The van der Waals surface area contributed by atoms with Gasteiger partial charge in [0, 0.05) is 12.0 Å². The highest BCUT2D eigenvalue weighted by Crippen LogP contribution is 2.39. The first-order valence-electron chi connectivity index (χ1n) is 8.64. The number of esters is 1. The average Bonchev–Trinajstić information content (AvgIpc) is 2.79. The van der Waals surface area contributed by atoms with Crippen molar-refractivity contribution in [1.29, 1.82) is 0 Å². The monoisotopic (exact) mass is 358 g/mol. The van der Waals surface area contributed by atoms with E-state index in [1.54, 1.807) is 45.0 Å². The van der Waals surface area contributed by atoms with Gasteiger partial charge in [-0.3, -0.25) is 24.5 Å². The number of nitrogens with zero attached hydrogens (tertiary/aromatic N) is 1. The molecule has 7 nitrogen and oxygen atoms in total.